The van der Waals surface area contributed by atoms with E-state index >= 15 is 0 Å². The number of hydrogen-bond acceptors (Lipinski definition) is 6. The van der Waals surface area contributed by atoms with Crippen LogP contribution < -0.4 is 18.9 Å². The Hall–Kier alpha value is -2.76. The topological polar surface area (TPSA) is 77.4 Å². The molecule has 2 N–H and O–H groups in total. The molecule has 6 nitrogen and oxygen atoms in total. The maximum atomic E-state index is 10.8. The van der Waals surface area contributed by atoms with Crippen molar-refractivity contribution < 1.29 is 29.2 Å². The fraction of sp³-hybridized carbons (Fsp3) is 0.429. The number of phenolic OH excluding ortho intramolecular Hbond substituents is 2. The zero-order chi connectivity index (χ0) is 19.9. The van der Waals surface area contributed by atoms with Crippen LogP contribution in [0.15, 0.2) is 12.1 Å². The number of benzene rings is 2. The van der Waals surface area contributed by atoms with Crippen LogP contribution in [0.1, 0.15) is 25.0 Å². The van der Waals surface area contributed by atoms with Gasteiger partial charge in [0.1, 0.15) is 0 Å². The molecule has 6 heteroatoms. The first-order valence-corrected chi connectivity index (χ1v) is 8.72. The molecule has 0 aliphatic heterocycles. The quantitative estimate of drug-likeness (QED) is 0.845. The second kappa shape index (κ2) is 6.76. The van der Waals surface area contributed by atoms with Crippen LogP contribution in [0.3, 0.4) is 0 Å². The second-order valence-corrected chi connectivity index (χ2v) is 7.51. The Morgan fingerprint density at radius 1 is 0.741 bits per heavy atom. The van der Waals surface area contributed by atoms with Crippen molar-refractivity contribution in [2.75, 3.05) is 28.4 Å². The van der Waals surface area contributed by atoms with E-state index in [-0.39, 0.29) is 28.4 Å². The summed E-state index contributed by atoms with van der Waals surface area (Å²) in [6.45, 7) is 4.29. The minimum Gasteiger partial charge on any atom is -0.502 e. The maximum Gasteiger partial charge on any atom is 0.201 e. The van der Waals surface area contributed by atoms with Crippen molar-refractivity contribution in [1.82, 2.24) is 0 Å². The molecule has 0 saturated carbocycles. The predicted octanol–water partition coefficient (Wildman–Crippen LogP) is 3.92. The van der Waals surface area contributed by atoms with Gasteiger partial charge in [-0.1, -0.05) is 13.8 Å². The van der Waals surface area contributed by atoms with Crippen LogP contribution in [-0.4, -0.2) is 38.7 Å². The molecular formula is C21H26O6. The second-order valence-electron chi connectivity index (χ2n) is 7.51. The fourth-order valence-electron chi connectivity index (χ4n) is 4.00. The van der Waals surface area contributed by atoms with Crippen LogP contribution in [0.5, 0.6) is 34.5 Å². The SMILES string of the molecule is COc1cc2c(c(OC)c1O)-c1cc(c(OC)c(O)c1OC)CC(C)(C)C2. The number of phenols is 2. The first-order chi connectivity index (χ1) is 12.8. The number of rotatable bonds is 4. The summed E-state index contributed by atoms with van der Waals surface area (Å²) in [4.78, 5) is 0. The van der Waals surface area contributed by atoms with Gasteiger partial charge in [0.15, 0.2) is 23.0 Å². The first kappa shape index (κ1) is 19.0. The largest absolute Gasteiger partial charge is 0.502 e. The molecule has 0 spiro atoms. The summed E-state index contributed by atoms with van der Waals surface area (Å²) >= 11 is 0. The van der Waals surface area contributed by atoms with E-state index in [2.05, 4.69) is 13.8 Å². The summed E-state index contributed by atoms with van der Waals surface area (Å²) in [5, 5.41) is 21.4. The number of methoxy groups -OCH3 is 4. The summed E-state index contributed by atoms with van der Waals surface area (Å²) in [5.74, 6) is 1.17. The van der Waals surface area contributed by atoms with E-state index in [9.17, 15) is 10.2 Å². The average molecular weight is 374 g/mol. The number of fused-ring (bicyclic) bond motifs is 4. The van der Waals surface area contributed by atoms with Crippen LogP contribution in [0.4, 0.5) is 0 Å². The summed E-state index contributed by atoms with van der Waals surface area (Å²) in [6, 6.07) is 3.76. The van der Waals surface area contributed by atoms with E-state index in [1.165, 1.54) is 28.4 Å². The number of hydrogen-bond donors (Lipinski definition) is 2. The van der Waals surface area contributed by atoms with Gasteiger partial charge in [0, 0.05) is 11.1 Å². The van der Waals surface area contributed by atoms with E-state index in [0.29, 0.717) is 35.5 Å². The minimum absolute atomic E-state index is 0.0616. The van der Waals surface area contributed by atoms with Gasteiger partial charge < -0.3 is 29.2 Å². The molecule has 2 aromatic carbocycles. The molecule has 1 aliphatic rings. The minimum atomic E-state index is -0.131. The molecule has 0 fully saturated rings. The first-order valence-electron chi connectivity index (χ1n) is 8.72. The Labute approximate surface area is 159 Å². The molecule has 0 atom stereocenters. The van der Waals surface area contributed by atoms with E-state index in [1.807, 2.05) is 12.1 Å². The lowest BCUT2D eigenvalue weighted by Crippen LogP contribution is -2.21. The molecule has 0 heterocycles. The van der Waals surface area contributed by atoms with Crippen LogP contribution >= 0.6 is 0 Å². The Bertz CT molecular complexity index is 885. The highest BCUT2D eigenvalue weighted by Crippen LogP contribution is 2.55. The van der Waals surface area contributed by atoms with Gasteiger partial charge in [-0.2, -0.15) is 0 Å². The van der Waals surface area contributed by atoms with Gasteiger partial charge >= 0.3 is 0 Å². The highest BCUT2D eigenvalue weighted by molar-refractivity contribution is 5.86. The molecule has 1 aliphatic carbocycles. The lowest BCUT2D eigenvalue weighted by molar-refractivity contribution is 0.317. The van der Waals surface area contributed by atoms with Gasteiger partial charge in [0.25, 0.3) is 0 Å². The van der Waals surface area contributed by atoms with Crippen molar-refractivity contribution in [2.45, 2.75) is 26.7 Å². The molecule has 0 amide bonds. The molecular weight excluding hydrogens is 348 g/mol. The molecule has 146 valence electrons. The van der Waals surface area contributed by atoms with Gasteiger partial charge in [-0.05, 0) is 41.5 Å². The Kier molecular flexibility index (Phi) is 4.76. The summed E-state index contributed by atoms with van der Waals surface area (Å²) < 4.78 is 21.8. The predicted molar refractivity (Wildman–Crippen MR) is 103 cm³/mol. The lowest BCUT2D eigenvalue weighted by Gasteiger charge is -2.32. The third-order valence-corrected chi connectivity index (χ3v) is 5.03. The molecule has 2 bridgehead atoms. The molecule has 0 radical (unpaired) electrons. The molecule has 0 aromatic heterocycles. The summed E-state index contributed by atoms with van der Waals surface area (Å²) in [5.41, 5.74) is 3.01. The standard InChI is InChI=1S/C21H26O6/c1-21(2)9-11-8-14(24-3)16(22)20(27-6)15(11)13-7-12(10-21)18(25-4)17(23)19(13)26-5/h7-8,22-23H,9-10H2,1-6H3. The van der Waals surface area contributed by atoms with E-state index in [0.717, 1.165) is 11.1 Å². The van der Waals surface area contributed by atoms with Crippen molar-refractivity contribution >= 4 is 0 Å². The van der Waals surface area contributed by atoms with Crippen molar-refractivity contribution in [3.05, 3.63) is 23.3 Å². The van der Waals surface area contributed by atoms with E-state index in [1.54, 1.807) is 0 Å². The third kappa shape index (κ3) is 2.99. The highest BCUT2D eigenvalue weighted by atomic mass is 16.5. The average Bonchev–Trinajstić information content (AvgIpc) is 2.61. The van der Waals surface area contributed by atoms with Gasteiger partial charge in [-0.25, -0.2) is 0 Å². The normalized spacial score (nSPS) is 14.6. The van der Waals surface area contributed by atoms with Crippen LogP contribution in [-0.2, 0) is 12.8 Å². The molecule has 0 unspecified atom stereocenters. The Balaban J connectivity index is 2.48. The smallest absolute Gasteiger partial charge is 0.201 e. The fourth-order valence-corrected chi connectivity index (χ4v) is 4.00. The van der Waals surface area contributed by atoms with Gasteiger partial charge in [0.2, 0.25) is 11.5 Å². The molecule has 2 aromatic rings. The van der Waals surface area contributed by atoms with E-state index in [4.69, 9.17) is 18.9 Å². The van der Waals surface area contributed by atoms with Gasteiger partial charge in [-0.15, -0.1) is 0 Å². The van der Waals surface area contributed by atoms with E-state index < -0.39 is 0 Å². The zero-order valence-corrected chi connectivity index (χ0v) is 16.6. The van der Waals surface area contributed by atoms with Crippen LogP contribution in [0.25, 0.3) is 11.1 Å². The Morgan fingerprint density at radius 2 is 1.33 bits per heavy atom. The van der Waals surface area contributed by atoms with Crippen molar-refractivity contribution in [3.8, 4) is 45.6 Å². The van der Waals surface area contributed by atoms with Gasteiger partial charge in [-0.3, -0.25) is 0 Å². The summed E-state index contributed by atoms with van der Waals surface area (Å²) in [7, 11) is 6.02. The van der Waals surface area contributed by atoms with Gasteiger partial charge in [0.05, 0.1) is 28.4 Å². The molecule has 3 rings (SSSR count). The maximum absolute atomic E-state index is 10.8. The molecule has 0 saturated heterocycles. The van der Waals surface area contributed by atoms with Crippen molar-refractivity contribution in [3.63, 3.8) is 0 Å². The Morgan fingerprint density at radius 3 is 1.89 bits per heavy atom. The van der Waals surface area contributed by atoms with Crippen LogP contribution in [0.2, 0.25) is 0 Å². The lowest BCUT2D eigenvalue weighted by atomic mass is 9.75. The number of ether oxygens (including phenoxy) is 4. The zero-order valence-electron chi connectivity index (χ0n) is 16.6. The monoisotopic (exact) mass is 374 g/mol. The number of aromatic hydroxyl groups is 2. The van der Waals surface area contributed by atoms with Crippen molar-refractivity contribution in [2.24, 2.45) is 5.41 Å². The third-order valence-electron chi connectivity index (χ3n) is 5.03. The summed E-state index contributed by atoms with van der Waals surface area (Å²) in [6.07, 6.45) is 1.41. The highest BCUT2D eigenvalue weighted by Gasteiger charge is 2.33. The van der Waals surface area contributed by atoms with Crippen LogP contribution in [0, 0.1) is 5.41 Å². The van der Waals surface area contributed by atoms with Crippen molar-refractivity contribution in [1.29, 1.82) is 0 Å². The molecule has 27 heavy (non-hydrogen) atoms.